The van der Waals surface area contributed by atoms with E-state index in [1.807, 2.05) is 6.07 Å². The number of carbonyl (C=O) groups excluding carboxylic acids is 1. The summed E-state index contributed by atoms with van der Waals surface area (Å²) in [7, 11) is -3.86. The summed E-state index contributed by atoms with van der Waals surface area (Å²) in [5, 5.41) is 0.956. The van der Waals surface area contributed by atoms with E-state index in [0.717, 1.165) is 10.9 Å². The number of aromatic amines is 1. The summed E-state index contributed by atoms with van der Waals surface area (Å²) < 4.78 is 26.2. The Bertz CT molecular complexity index is 899. The zero-order chi connectivity index (χ0) is 14.9. The van der Waals surface area contributed by atoms with Crippen molar-refractivity contribution < 1.29 is 13.2 Å². The summed E-state index contributed by atoms with van der Waals surface area (Å²) in [4.78, 5) is 15.1. The van der Waals surface area contributed by atoms with Crippen LogP contribution in [0.15, 0.2) is 65.7 Å². The molecule has 0 saturated carbocycles. The first-order valence-corrected chi connectivity index (χ1v) is 7.74. The monoisotopic (exact) mass is 300 g/mol. The zero-order valence-corrected chi connectivity index (χ0v) is 11.7. The number of rotatable bonds is 3. The molecule has 2 aromatic carbocycles. The van der Waals surface area contributed by atoms with Gasteiger partial charge in [-0.25, -0.2) is 13.1 Å². The number of benzene rings is 2. The molecule has 0 aliphatic carbocycles. The van der Waals surface area contributed by atoms with Crippen molar-refractivity contribution in [3.63, 3.8) is 0 Å². The maximum atomic E-state index is 12.1. The number of sulfonamides is 1. The highest BCUT2D eigenvalue weighted by atomic mass is 32.2. The SMILES string of the molecule is O=C(NS(=O)(=O)c1ccccc1)c1ccc2cc[nH]c2c1. The van der Waals surface area contributed by atoms with Gasteiger partial charge in [0.05, 0.1) is 4.90 Å². The molecule has 1 aromatic heterocycles. The van der Waals surface area contributed by atoms with Crippen LogP contribution < -0.4 is 4.72 Å². The minimum atomic E-state index is -3.86. The van der Waals surface area contributed by atoms with Crippen molar-refractivity contribution in [3.05, 3.63) is 66.4 Å². The summed E-state index contributed by atoms with van der Waals surface area (Å²) in [6.07, 6.45) is 1.76. The third-order valence-electron chi connectivity index (χ3n) is 3.10. The lowest BCUT2D eigenvalue weighted by atomic mass is 10.1. The Balaban J connectivity index is 1.89. The fourth-order valence-electron chi connectivity index (χ4n) is 2.03. The van der Waals surface area contributed by atoms with Crippen molar-refractivity contribution in [1.29, 1.82) is 0 Å². The summed E-state index contributed by atoms with van der Waals surface area (Å²) in [6, 6.07) is 14.6. The van der Waals surface area contributed by atoms with Gasteiger partial charge in [-0.2, -0.15) is 0 Å². The average molecular weight is 300 g/mol. The van der Waals surface area contributed by atoms with Crippen molar-refractivity contribution in [3.8, 4) is 0 Å². The number of H-pyrrole nitrogens is 1. The normalized spacial score (nSPS) is 11.4. The number of fused-ring (bicyclic) bond motifs is 1. The van der Waals surface area contributed by atoms with Gasteiger partial charge in [-0.05, 0) is 35.7 Å². The molecule has 5 nitrogen and oxygen atoms in total. The molecular weight excluding hydrogens is 288 g/mol. The van der Waals surface area contributed by atoms with E-state index in [-0.39, 0.29) is 10.5 Å². The number of hydrogen-bond donors (Lipinski definition) is 2. The Hall–Kier alpha value is -2.60. The number of nitrogens with one attached hydrogen (secondary N) is 2. The molecule has 3 aromatic rings. The van der Waals surface area contributed by atoms with Crippen molar-refractivity contribution in [2.24, 2.45) is 0 Å². The molecule has 0 aliphatic heterocycles. The van der Waals surface area contributed by atoms with Crippen LogP contribution in [0.4, 0.5) is 0 Å². The van der Waals surface area contributed by atoms with E-state index in [1.54, 1.807) is 42.6 Å². The lowest BCUT2D eigenvalue weighted by molar-refractivity contribution is 0.0981. The first-order valence-electron chi connectivity index (χ1n) is 6.26. The van der Waals surface area contributed by atoms with Crippen molar-refractivity contribution in [2.45, 2.75) is 4.90 Å². The summed E-state index contributed by atoms with van der Waals surface area (Å²) >= 11 is 0. The molecule has 0 fully saturated rings. The lowest BCUT2D eigenvalue weighted by Crippen LogP contribution is -2.30. The van der Waals surface area contributed by atoms with E-state index in [4.69, 9.17) is 0 Å². The van der Waals surface area contributed by atoms with E-state index in [9.17, 15) is 13.2 Å². The van der Waals surface area contributed by atoms with Crippen LogP contribution in [0.2, 0.25) is 0 Å². The maximum Gasteiger partial charge on any atom is 0.265 e. The molecule has 0 unspecified atom stereocenters. The molecule has 6 heteroatoms. The van der Waals surface area contributed by atoms with E-state index in [2.05, 4.69) is 9.71 Å². The van der Waals surface area contributed by atoms with E-state index >= 15 is 0 Å². The second-order valence-corrected chi connectivity index (χ2v) is 6.21. The highest BCUT2D eigenvalue weighted by Gasteiger charge is 2.18. The smallest absolute Gasteiger partial charge is 0.265 e. The fraction of sp³-hybridized carbons (Fsp3) is 0. The van der Waals surface area contributed by atoms with Crippen molar-refractivity contribution >= 4 is 26.8 Å². The molecule has 0 saturated heterocycles. The number of amides is 1. The third kappa shape index (κ3) is 2.66. The number of aromatic nitrogens is 1. The molecule has 0 radical (unpaired) electrons. The van der Waals surface area contributed by atoms with E-state index < -0.39 is 15.9 Å². The highest BCUT2D eigenvalue weighted by molar-refractivity contribution is 7.90. The second kappa shape index (κ2) is 5.06. The lowest BCUT2D eigenvalue weighted by Gasteiger charge is -2.07. The summed E-state index contributed by atoms with van der Waals surface area (Å²) in [6.45, 7) is 0. The molecule has 3 rings (SSSR count). The van der Waals surface area contributed by atoms with Gasteiger partial charge in [-0.1, -0.05) is 24.3 Å². The molecule has 0 atom stereocenters. The van der Waals surface area contributed by atoms with E-state index in [1.165, 1.54) is 12.1 Å². The van der Waals surface area contributed by atoms with Gasteiger partial charge in [0.25, 0.3) is 15.9 Å². The average Bonchev–Trinajstić information content (AvgIpc) is 2.95. The van der Waals surface area contributed by atoms with Crippen LogP contribution in [0.1, 0.15) is 10.4 Å². The van der Waals surface area contributed by atoms with Gasteiger partial charge in [0.15, 0.2) is 0 Å². The predicted octanol–water partition coefficient (Wildman–Crippen LogP) is 2.29. The molecule has 0 bridgehead atoms. The van der Waals surface area contributed by atoms with Gasteiger partial charge >= 0.3 is 0 Å². The van der Waals surface area contributed by atoms with Crippen LogP contribution in [0, 0.1) is 0 Å². The minimum absolute atomic E-state index is 0.0549. The Kier molecular flexibility index (Phi) is 3.23. The van der Waals surface area contributed by atoms with Gasteiger partial charge in [0, 0.05) is 17.3 Å². The first kappa shape index (κ1) is 13.4. The van der Waals surface area contributed by atoms with Gasteiger partial charge in [0.1, 0.15) is 0 Å². The Morgan fingerprint density at radius 1 is 1.00 bits per heavy atom. The quantitative estimate of drug-likeness (QED) is 0.779. The molecule has 1 amide bonds. The fourth-order valence-corrected chi connectivity index (χ4v) is 3.02. The predicted molar refractivity (Wildman–Crippen MR) is 79.4 cm³/mol. The van der Waals surface area contributed by atoms with Crippen molar-refractivity contribution in [2.75, 3.05) is 0 Å². The molecule has 0 aliphatic rings. The maximum absolute atomic E-state index is 12.1. The van der Waals surface area contributed by atoms with Gasteiger partial charge in [-0.3, -0.25) is 4.79 Å². The third-order valence-corrected chi connectivity index (χ3v) is 4.44. The van der Waals surface area contributed by atoms with Crippen molar-refractivity contribution in [1.82, 2.24) is 9.71 Å². The van der Waals surface area contributed by atoms with Gasteiger partial charge in [0.2, 0.25) is 0 Å². The highest BCUT2D eigenvalue weighted by Crippen LogP contribution is 2.15. The van der Waals surface area contributed by atoms with Crippen LogP contribution in [-0.2, 0) is 10.0 Å². The Labute approximate surface area is 121 Å². The molecule has 0 spiro atoms. The molecule has 106 valence electrons. The largest absolute Gasteiger partial charge is 0.361 e. The molecular formula is C15H12N2O3S. The topological polar surface area (TPSA) is 79.0 Å². The van der Waals surface area contributed by atoms with Gasteiger partial charge < -0.3 is 4.98 Å². The Morgan fingerprint density at radius 2 is 1.76 bits per heavy atom. The standard InChI is InChI=1S/C15H12N2O3S/c18-15(12-7-6-11-8-9-16-14(11)10-12)17-21(19,20)13-4-2-1-3-5-13/h1-10,16H,(H,17,18). The zero-order valence-electron chi connectivity index (χ0n) is 10.9. The Morgan fingerprint density at radius 3 is 2.52 bits per heavy atom. The van der Waals surface area contributed by atoms with Gasteiger partial charge in [-0.15, -0.1) is 0 Å². The molecule has 2 N–H and O–H groups in total. The molecule has 21 heavy (non-hydrogen) atoms. The minimum Gasteiger partial charge on any atom is -0.361 e. The van der Waals surface area contributed by atoms with E-state index in [0.29, 0.717) is 0 Å². The number of carbonyl (C=O) groups is 1. The molecule has 1 heterocycles. The summed E-state index contributed by atoms with van der Waals surface area (Å²) in [5.74, 6) is -0.657. The number of hydrogen-bond acceptors (Lipinski definition) is 3. The van der Waals surface area contributed by atoms with Crippen LogP contribution in [-0.4, -0.2) is 19.3 Å². The summed E-state index contributed by atoms with van der Waals surface area (Å²) in [5.41, 5.74) is 1.06. The van der Waals surface area contributed by atoms with Crippen LogP contribution >= 0.6 is 0 Å². The second-order valence-electron chi connectivity index (χ2n) is 4.53. The first-order chi connectivity index (χ1) is 10.1. The van der Waals surface area contributed by atoms with Crippen LogP contribution in [0.25, 0.3) is 10.9 Å². The van der Waals surface area contributed by atoms with Crippen LogP contribution in [0.5, 0.6) is 0 Å². The van der Waals surface area contributed by atoms with Crippen LogP contribution in [0.3, 0.4) is 0 Å².